The Morgan fingerprint density at radius 2 is 2.00 bits per heavy atom. The van der Waals surface area contributed by atoms with E-state index in [1.54, 1.807) is 18.2 Å². The largest absolute Gasteiger partial charge is 0.474 e. The number of nitrogens with one attached hydrogen (secondary N) is 1. The number of aryl methyl sites for hydroxylation is 1. The number of hydrogen-bond acceptors (Lipinski definition) is 6. The Labute approximate surface area is 204 Å². The normalized spacial score (nSPS) is 23.1. The van der Waals surface area contributed by atoms with Crippen LogP contribution >= 0.6 is 11.3 Å². The number of hydrogen-bond donors (Lipinski definition) is 2. The van der Waals surface area contributed by atoms with Gasteiger partial charge in [-0.1, -0.05) is 0 Å². The monoisotopic (exact) mass is 490 g/mol. The second-order valence-corrected chi connectivity index (χ2v) is 10.7. The average molecular weight is 491 g/mol. The predicted molar refractivity (Wildman–Crippen MR) is 131 cm³/mol. The predicted octanol–water partition coefficient (Wildman–Crippen LogP) is 4.51. The molecule has 35 heavy (non-hydrogen) atoms. The summed E-state index contributed by atoms with van der Waals surface area (Å²) in [4.78, 5) is 33.5. The molecule has 3 heterocycles. The van der Waals surface area contributed by atoms with E-state index in [1.807, 2.05) is 12.3 Å². The molecule has 1 spiro atoms. The standard InChI is InChI=1S/C26H23FN4O3S/c1-13-12-35-21-6-19(23(28)32)25(31-22(13)21)34-18-9-26(10-18)7-17(8-26)30-24(33)15-4-14-5-16(27)2-3-20(14)29-11-15/h2-6,11-12,17-18H,7-10H2,1H3,(H2,28,32)(H,30,33)/t17-,18-,26?. The number of aromatic nitrogens is 2. The molecule has 2 aliphatic carbocycles. The van der Waals surface area contributed by atoms with Crippen molar-refractivity contribution in [1.82, 2.24) is 15.3 Å². The highest BCUT2D eigenvalue weighted by Gasteiger charge is 2.54. The molecule has 0 aliphatic heterocycles. The van der Waals surface area contributed by atoms with Crippen LogP contribution in [0.15, 0.2) is 41.9 Å². The summed E-state index contributed by atoms with van der Waals surface area (Å²) in [7, 11) is 0. The van der Waals surface area contributed by atoms with Gasteiger partial charge in [0.1, 0.15) is 17.5 Å². The van der Waals surface area contributed by atoms with Crippen molar-refractivity contribution in [2.24, 2.45) is 11.1 Å². The van der Waals surface area contributed by atoms with Gasteiger partial charge in [-0.05, 0) is 79.3 Å². The number of carbonyl (C=O) groups is 2. The fourth-order valence-corrected chi connectivity index (χ4v) is 6.31. The first-order chi connectivity index (χ1) is 16.8. The van der Waals surface area contributed by atoms with Crippen LogP contribution in [0.3, 0.4) is 0 Å². The van der Waals surface area contributed by atoms with Crippen LogP contribution in [-0.4, -0.2) is 33.9 Å². The van der Waals surface area contributed by atoms with E-state index < -0.39 is 5.91 Å². The molecule has 3 N–H and O–H groups in total. The molecule has 0 unspecified atom stereocenters. The zero-order valence-corrected chi connectivity index (χ0v) is 19.8. The minimum Gasteiger partial charge on any atom is -0.474 e. The lowest BCUT2D eigenvalue weighted by atomic mass is 9.53. The van der Waals surface area contributed by atoms with Crippen LogP contribution in [0.2, 0.25) is 0 Å². The van der Waals surface area contributed by atoms with Crippen LogP contribution in [-0.2, 0) is 0 Å². The van der Waals surface area contributed by atoms with E-state index in [2.05, 4.69) is 15.3 Å². The number of thiophene rings is 1. The van der Waals surface area contributed by atoms with E-state index in [9.17, 15) is 14.0 Å². The number of primary amides is 1. The third kappa shape index (κ3) is 3.89. The highest BCUT2D eigenvalue weighted by atomic mass is 32.1. The van der Waals surface area contributed by atoms with Crippen molar-refractivity contribution in [3.05, 3.63) is 64.4 Å². The van der Waals surface area contributed by atoms with Crippen molar-refractivity contribution in [1.29, 1.82) is 0 Å². The number of halogens is 1. The number of fused-ring (bicyclic) bond motifs is 2. The third-order valence-corrected chi connectivity index (χ3v) is 8.19. The topological polar surface area (TPSA) is 107 Å². The summed E-state index contributed by atoms with van der Waals surface area (Å²) < 4.78 is 20.5. The van der Waals surface area contributed by atoms with Gasteiger partial charge in [-0.15, -0.1) is 11.3 Å². The lowest BCUT2D eigenvalue weighted by molar-refractivity contribution is -0.0847. The number of rotatable bonds is 5. The van der Waals surface area contributed by atoms with E-state index >= 15 is 0 Å². The van der Waals surface area contributed by atoms with Gasteiger partial charge in [0.2, 0.25) is 5.88 Å². The molecular weight excluding hydrogens is 467 g/mol. The molecule has 2 aliphatic rings. The third-order valence-electron chi connectivity index (χ3n) is 7.15. The Kier molecular flexibility index (Phi) is 5.00. The lowest BCUT2D eigenvalue weighted by Crippen LogP contribution is -2.58. The van der Waals surface area contributed by atoms with Gasteiger partial charge in [-0.3, -0.25) is 14.6 Å². The van der Waals surface area contributed by atoms with Crippen molar-refractivity contribution < 1.29 is 18.7 Å². The van der Waals surface area contributed by atoms with Gasteiger partial charge in [0.25, 0.3) is 11.8 Å². The zero-order valence-electron chi connectivity index (χ0n) is 19.0. The number of nitrogens with two attached hydrogens (primary N) is 1. The maximum absolute atomic E-state index is 13.5. The highest BCUT2D eigenvalue weighted by Crippen LogP contribution is 2.57. The molecule has 3 aromatic heterocycles. The molecule has 9 heteroatoms. The molecule has 178 valence electrons. The van der Waals surface area contributed by atoms with Crippen molar-refractivity contribution in [2.75, 3.05) is 0 Å². The molecule has 6 rings (SSSR count). The summed E-state index contributed by atoms with van der Waals surface area (Å²) in [6.45, 7) is 1.98. The summed E-state index contributed by atoms with van der Waals surface area (Å²) in [6.07, 6.45) is 4.91. The highest BCUT2D eigenvalue weighted by molar-refractivity contribution is 7.17. The molecule has 7 nitrogen and oxygen atoms in total. The lowest BCUT2D eigenvalue weighted by Gasteiger charge is -2.57. The maximum Gasteiger partial charge on any atom is 0.254 e. The number of carbonyl (C=O) groups excluding carboxylic acids is 2. The molecule has 1 aromatic carbocycles. The van der Waals surface area contributed by atoms with Gasteiger partial charge in [0.15, 0.2) is 0 Å². The van der Waals surface area contributed by atoms with Crippen molar-refractivity contribution in [3.63, 3.8) is 0 Å². The molecule has 0 atom stereocenters. The fraction of sp³-hybridized carbons (Fsp3) is 0.308. The summed E-state index contributed by atoms with van der Waals surface area (Å²) in [5.74, 6) is -0.809. The van der Waals surface area contributed by atoms with Gasteiger partial charge in [0, 0.05) is 17.6 Å². The average Bonchev–Trinajstić information content (AvgIpc) is 3.14. The number of ether oxygens (including phenoxy) is 1. The summed E-state index contributed by atoms with van der Waals surface area (Å²) in [6, 6.07) is 7.83. The smallest absolute Gasteiger partial charge is 0.254 e. The first kappa shape index (κ1) is 21.9. The SMILES string of the molecule is Cc1csc2cc(C(N)=O)c(O[C@H]3CC4(C[C@H](NC(=O)c5cnc6ccc(F)cc6c5)C4)C3)nc12. The minimum absolute atomic E-state index is 0.0340. The van der Waals surface area contributed by atoms with Gasteiger partial charge in [-0.25, -0.2) is 9.37 Å². The Bertz CT molecular complexity index is 1500. The molecule has 2 saturated carbocycles. The Hall–Kier alpha value is -3.59. The van der Waals surface area contributed by atoms with Crippen molar-refractivity contribution in [2.45, 2.75) is 44.8 Å². The first-order valence-corrected chi connectivity index (χ1v) is 12.4. The van der Waals surface area contributed by atoms with E-state index in [0.717, 1.165) is 41.5 Å². The van der Waals surface area contributed by atoms with Gasteiger partial charge < -0.3 is 15.8 Å². The molecule has 0 radical (unpaired) electrons. The van der Waals surface area contributed by atoms with Crippen LogP contribution in [0, 0.1) is 18.2 Å². The number of benzene rings is 1. The van der Waals surface area contributed by atoms with E-state index in [4.69, 9.17) is 10.5 Å². The Morgan fingerprint density at radius 1 is 1.20 bits per heavy atom. The summed E-state index contributed by atoms with van der Waals surface area (Å²) in [5.41, 5.74) is 8.96. The van der Waals surface area contributed by atoms with E-state index in [0.29, 0.717) is 27.9 Å². The fourth-order valence-electron chi connectivity index (χ4n) is 5.39. The maximum atomic E-state index is 13.5. The summed E-state index contributed by atoms with van der Waals surface area (Å²) in [5, 5.41) is 5.66. The number of nitrogens with zero attached hydrogens (tertiary/aromatic N) is 2. The second-order valence-electron chi connectivity index (χ2n) is 9.76. The first-order valence-electron chi connectivity index (χ1n) is 11.5. The number of amides is 2. The minimum atomic E-state index is -0.549. The van der Waals surface area contributed by atoms with Crippen molar-refractivity contribution in [3.8, 4) is 5.88 Å². The molecule has 0 saturated heterocycles. The molecule has 2 fully saturated rings. The molecule has 2 amide bonds. The quantitative estimate of drug-likeness (QED) is 0.428. The second kappa shape index (κ2) is 7.98. The van der Waals surface area contributed by atoms with Crippen LogP contribution in [0.25, 0.3) is 21.1 Å². The zero-order chi connectivity index (χ0) is 24.3. The van der Waals surface area contributed by atoms with Crippen LogP contribution < -0.4 is 15.8 Å². The van der Waals surface area contributed by atoms with E-state index in [1.165, 1.54) is 29.7 Å². The Balaban J connectivity index is 1.07. The van der Waals surface area contributed by atoms with Gasteiger partial charge >= 0.3 is 0 Å². The van der Waals surface area contributed by atoms with Crippen molar-refractivity contribution >= 4 is 44.3 Å². The van der Waals surface area contributed by atoms with Crippen LogP contribution in [0.5, 0.6) is 5.88 Å². The van der Waals surface area contributed by atoms with E-state index in [-0.39, 0.29) is 29.3 Å². The van der Waals surface area contributed by atoms with Gasteiger partial charge in [0.05, 0.1) is 21.3 Å². The Morgan fingerprint density at radius 3 is 2.77 bits per heavy atom. The number of pyridine rings is 2. The summed E-state index contributed by atoms with van der Waals surface area (Å²) >= 11 is 1.53. The van der Waals surface area contributed by atoms with Crippen LogP contribution in [0.1, 0.15) is 52.0 Å². The van der Waals surface area contributed by atoms with Crippen LogP contribution in [0.4, 0.5) is 4.39 Å². The molecular formula is C26H23FN4O3S. The van der Waals surface area contributed by atoms with Gasteiger partial charge in [-0.2, -0.15) is 0 Å². The molecule has 4 aromatic rings. The molecule has 0 bridgehead atoms.